The van der Waals surface area contributed by atoms with Crippen LogP contribution in [-0.4, -0.2) is 12.1 Å². The predicted octanol–water partition coefficient (Wildman–Crippen LogP) is 4.53. The zero-order chi connectivity index (χ0) is 14.1. The Kier molecular flexibility index (Phi) is 6.93. The maximum absolute atomic E-state index is 5.71. The van der Waals surface area contributed by atoms with Crippen molar-refractivity contribution in [1.82, 2.24) is 5.32 Å². The number of rotatable bonds is 9. The second-order valence-electron chi connectivity index (χ2n) is 5.79. The van der Waals surface area contributed by atoms with Crippen molar-refractivity contribution in [2.45, 2.75) is 65.5 Å². The van der Waals surface area contributed by atoms with Crippen LogP contribution in [0.2, 0.25) is 0 Å². The van der Waals surface area contributed by atoms with Crippen molar-refractivity contribution in [1.29, 1.82) is 0 Å². The molecule has 2 heteroatoms. The highest BCUT2D eigenvalue weighted by molar-refractivity contribution is 5.27. The highest BCUT2D eigenvalue weighted by Gasteiger charge is 2.13. The first-order valence-corrected chi connectivity index (χ1v) is 7.54. The van der Waals surface area contributed by atoms with E-state index in [0.29, 0.717) is 0 Å². The van der Waals surface area contributed by atoms with E-state index in [1.54, 1.807) is 0 Å². The normalized spacial score (nSPS) is 11.6. The molecule has 1 rings (SSSR count). The minimum Gasteiger partial charge on any atom is -0.494 e. The van der Waals surface area contributed by atoms with Crippen LogP contribution < -0.4 is 10.1 Å². The van der Waals surface area contributed by atoms with Crippen molar-refractivity contribution < 1.29 is 4.74 Å². The van der Waals surface area contributed by atoms with E-state index >= 15 is 0 Å². The monoisotopic (exact) mass is 263 g/mol. The van der Waals surface area contributed by atoms with Crippen LogP contribution in [-0.2, 0) is 6.54 Å². The summed E-state index contributed by atoms with van der Waals surface area (Å²) < 4.78 is 5.71. The highest BCUT2D eigenvalue weighted by Crippen LogP contribution is 2.14. The van der Waals surface area contributed by atoms with Gasteiger partial charge in [-0.2, -0.15) is 0 Å². The topological polar surface area (TPSA) is 21.3 Å². The molecule has 0 atom stereocenters. The van der Waals surface area contributed by atoms with Gasteiger partial charge in [0.15, 0.2) is 0 Å². The molecule has 0 spiro atoms. The Morgan fingerprint density at radius 1 is 1.05 bits per heavy atom. The smallest absolute Gasteiger partial charge is 0.119 e. The number of ether oxygens (including phenoxy) is 1. The van der Waals surface area contributed by atoms with E-state index < -0.39 is 0 Å². The molecular formula is C17H29NO. The van der Waals surface area contributed by atoms with Crippen molar-refractivity contribution in [3.05, 3.63) is 29.8 Å². The fourth-order valence-electron chi connectivity index (χ4n) is 1.71. The van der Waals surface area contributed by atoms with Crippen molar-refractivity contribution in [2.24, 2.45) is 0 Å². The summed E-state index contributed by atoms with van der Waals surface area (Å²) in [6.07, 6.45) is 4.76. The van der Waals surface area contributed by atoms with E-state index in [0.717, 1.165) is 31.7 Å². The van der Waals surface area contributed by atoms with E-state index in [4.69, 9.17) is 4.74 Å². The Balaban J connectivity index is 2.35. The van der Waals surface area contributed by atoms with Gasteiger partial charge in [-0.1, -0.05) is 38.8 Å². The SMILES string of the molecule is CCCCCOc1ccc(CNC(C)(C)CC)cc1. The summed E-state index contributed by atoms with van der Waals surface area (Å²) in [5.41, 5.74) is 1.51. The lowest BCUT2D eigenvalue weighted by molar-refractivity contribution is 0.306. The van der Waals surface area contributed by atoms with E-state index in [2.05, 4.69) is 57.3 Å². The van der Waals surface area contributed by atoms with Crippen LogP contribution in [0.1, 0.15) is 58.9 Å². The highest BCUT2D eigenvalue weighted by atomic mass is 16.5. The number of nitrogens with one attached hydrogen (secondary N) is 1. The Bertz CT molecular complexity index is 343. The third-order valence-corrected chi connectivity index (χ3v) is 3.59. The Morgan fingerprint density at radius 2 is 1.74 bits per heavy atom. The molecule has 0 fully saturated rings. The molecule has 2 nitrogen and oxygen atoms in total. The summed E-state index contributed by atoms with van der Waals surface area (Å²) in [5.74, 6) is 0.981. The average molecular weight is 263 g/mol. The van der Waals surface area contributed by atoms with Gasteiger partial charge in [0.05, 0.1) is 6.61 Å². The summed E-state index contributed by atoms with van der Waals surface area (Å²) in [4.78, 5) is 0. The van der Waals surface area contributed by atoms with Crippen LogP contribution in [0.25, 0.3) is 0 Å². The van der Waals surface area contributed by atoms with Crippen LogP contribution in [0.3, 0.4) is 0 Å². The molecule has 1 aromatic rings. The van der Waals surface area contributed by atoms with Gasteiger partial charge in [-0.05, 0) is 44.4 Å². The van der Waals surface area contributed by atoms with Crippen molar-refractivity contribution in [2.75, 3.05) is 6.61 Å². The zero-order valence-corrected chi connectivity index (χ0v) is 13.0. The third kappa shape index (κ3) is 6.63. The van der Waals surface area contributed by atoms with E-state index in [1.165, 1.54) is 18.4 Å². The summed E-state index contributed by atoms with van der Waals surface area (Å²) in [5, 5.41) is 3.56. The fraction of sp³-hybridized carbons (Fsp3) is 0.647. The summed E-state index contributed by atoms with van der Waals surface area (Å²) in [6.45, 7) is 10.6. The van der Waals surface area contributed by atoms with Gasteiger partial charge in [-0.25, -0.2) is 0 Å². The third-order valence-electron chi connectivity index (χ3n) is 3.59. The Hall–Kier alpha value is -1.02. The minimum absolute atomic E-state index is 0.204. The molecule has 0 aliphatic rings. The van der Waals surface area contributed by atoms with Crippen LogP contribution in [0.15, 0.2) is 24.3 Å². The van der Waals surface area contributed by atoms with Gasteiger partial charge in [0.2, 0.25) is 0 Å². The minimum atomic E-state index is 0.204. The second kappa shape index (κ2) is 8.21. The van der Waals surface area contributed by atoms with E-state index in [9.17, 15) is 0 Å². The van der Waals surface area contributed by atoms with Crippen molar-refractivity contribution >= 4 is 0 Å². The lowest BCUT2D eigenvalue weighted by atomic mass is 10.0. The van der Waals surface area contributed by atoms with Gasteiger partial charge >= 0.3 is 0 Å². The van der Waals surface area contributed by atoms with Gasteiger partial charge in [0, 0.05) is 12.1 Å². The van der Waals surface area contributed by atoms with Crippen molar-refractivity contribution in [3.63, 3.8) is 0 Å². The molecule has 0 aliphatic heterocycles. The number of unbranched alkanes of at least 4 members (excludes halogenated alkanes) is 2. The Morgan fingerprint density at radius 3 is 2.32 bits per heavy atom. The first-order valence-electron chi connectivity index (χ1n) is 7.54. The van der Waals surface area contributed by atoms with Crippen LogP contribution in [0.5, 0.6) is 5.75 Å². The lowest BCUT2D eigenvalue weighted by Gasteiger charge is -2.24. The van der Waals surface area contributed by atoms with Gasteiger partial charge < -0.3 is 10.1 Å². The molecule has 0 radical (unpaired) electrons. The standard InChI is InChI=1S/C17H29NO/c1-5-7-8-13-19-16-11-9-15(10-12-16)14-18-17(3,4)6-2/h9-12,18H,5-8,13-14H2,1-4H3. The second-order valence-corrected chi connectivity index (χ2v) is 5.79. The molecule has 0 bridgehead atoms. The Labute approximate surface area is 118 Å². The first kappa shape index (κ1) is 16.0. The maximum atomic E-state index is 5.71. The number of benzene rings is 1. The molecule has 0 unspecified atom stereocenters. The molecule has 0 aliphatic carbocycles. The quantitative estimate of drug-likeness (QED) is 0.661. The van der Waals surface area contributed by atoms with E-state index in [1.807, 2.05) is 0 Å². The van der Waals surface area contributed by atoms with Gasteiger partial charge in [0.1, 0.15) is 5.75 Å². The van der Waals surface area contributed by atoms with Gasteiger partial charge in [0.25, 0.3) is 0 Å². The summed E-state index contributed by atoms with van der Waals surface area (Å²) >= 11 is 0. The van der Waals surface area contributed by atoms with Crippen LogP contribution in [0, 0.1) is 0 Å². The first-order chi connectivity index (χ1) is 9.07. The molecule has 19 heavy (non-hydrogen) atoms. The molecule has 1 N–H and O–H groups in total. The molecule has 0 amide bonds. The van der Waals surface area contributed by atoms with Gasteiger partial charge in [-0.15, -0.1) is 0 Å². The molecule has 0 saturated heterocycles. The molecule has 0 aromatic heterocycles. The molecule has 108 valence electrons. The fourth-order valence-corrected chi connectivity index (χ4v) is 1.71. The summed E-state index contributed by atoms with van der Waals surface area (Å²) in [6, 6.07) is 8.44. The maximum Gasteiger partial charge on any atom is 0.119 e. The zero-order valence-electron chi connectivity index (χ0n) is 13.0. The predicted molar refractivity (Wildman–Crippen MR) is 82.7 cm³/mol. The largest absolute Gasteiger partial charge is 0.494 e. The van der Waals surface area contributed by atoms with E-state index in [-0.39, 0.29) is 5.54 Å². The van der Waals surface area contributed by atoms with Crippen molar-refractivity contribution in [3.8, 4) is 5.75 Å². The molecule has 1 aromatic carbocycles. The number of hydrogen-bond acceptors (Lipinski definition) is 2. The molecular weight excluding hydrogens is 234 g/mol. The van der Waals surface area contributed by atoms with Crippen LogP contribution in [0.4, 0.5) is 0 Å². The summed E-state index contributed by atoms with van der Waals surface area (Å²) in [7, 11) is 0. The van der Waals surface area contributed by atoms with Gasteiger partial charge in [-0.3, -0.25) is 0 Å². The molecule has 0 saturated carbocycles. The number of hydrogen-bond donors (Lipinski definition) is 1. The average Bonchev–Trinajstić information content (AvgIpc) is 2.43. The van der Waals surface area contributed by atoms with Crippen LogP contribution >= 0.6 is 0 Å². The lowest BCUT2D eigenvalue weighted by Crippen LogP contribution is -2.37. The molecule has 0 heterocycles.